The van der Waals surface area contributed by atoms with E-state index in [4.69, 9.17) is 8.83 Å². The van der Waals surface area contributed by atoms with E-state index in [0.717, 1.165) is 15.2 Å². The molecule has 2 amide bonds. The van der Waals surface area contributed by atoms with Crippen molar-refractivity contribution in [3.8, 4) is 11.8 Å². The summed E-state index contributed by atoms with van der Waals surface area (Å²) in [4.78, 5) is 37.4. The summed E-state index contributed by atoms with van der Waals surface area (Å²) in [6, 6.07) is 22.9. The fourth-order valence-corrected chi connectivity index (χ4v) is 4.36. The first-order valence-electron chi connectivity index (χ1n) is 12.8. The number of fused-ring (bicyclic) bond motifs is 1. The lowest BCUT2D eigenvalue weighted by atomic mass is 9.79. The molecule has 0 aliphatic heterocycles. The van der Waals surface area contributed by atoms with Gasteiger partial charge >= 0.3 is 18.9 Å². The Hall–Kier alpha value is -5.30. The molecule has 0 unspecified atom stereocenters. The second-order valence-corrected chi connectivity index (χ2v) is 10.3. The SMILES string of the molecule is O=C(N/N=C/c1cc(/C=N/NC(=O)c2cc(=O)c3cc(I)ccc3o2)cc(B(O)O)c1)c1ccc(C#Cc2ccccc2)o1. The van der Waals surface area contributed by atoms with Gasteiger partial charge in [0.25, 0.3) is 0 Å². The monoisotopic (exact) mass is 698 g/mol. The Morgan fingerprint density at radius 3 is 2.16 bits per heavy atom. The van der Waals surface area contributed by atoms with Gasteiger partial charge in [0.05, 0.1) is 17.8 Å². The van der Waals surface area contributed by atoms with Crippen LogP contribution in [0.2, 0.25) is 0 Å². The summed E-state index contributed by atoms with van der Waals surface area (Å²) in [6.45, 7) is 0. The third-order valence-corrected chi connectivity index (χ3v) is 6.58. The first-order valence-corrected chi connectivity index (χ1v) is 13.9. The maximum absolute atomic E-state index is 12.5. The van der Waals surface area contributed by atoms with Gasteiger partial charge in [0.2, 0.25) is 0 Å². The Balaban J connectivity index is 1.24. The highest BCUT2D eigenvalue weighted by molar-refractivity contribution is 14.1. The van der Waals surface area contributed by atoms with E-state index in [2.05, 4.69) is 55.5 Å². The largest absolute Gasteiger partial charge is 0.488 e. The number of benzene rings is 3. The highest BCUT2D eigenvalue weighted by Gasteiger charge is 2.14. The van der Waals surface area contributed by atoms with E-state index in [0.29, 0.717) is 22.3 Å². The van der Waals surface area contributed by atoms with Crippen LogP contribution in [0.1, 0.15) is 43.6 Å². The number of furan rings is 1. The smallest absolute Gasteiger partial charge is 0.451 e. The van der Waals surface area contributed by atoms with Gasteiger partial charge in [-0.05, 0) is 93.6 Å². The number of hydrogen-bond donors (Lipinski definition) is 4. The van der Waals surface area contributed by atoms with E-state index < -0.39 is 18.9 Å². The number of hydrazone groups is 2. The Morgan fingerprint density at radius 1 is 0.795 bits per heavy atom. The van der Waals surface area contributed by atoms with Crippen LogP contribution < -0.4 is 21.7 Å². The van der Waals surface area contributed by atoms with Crippen molar-refractivity contribution in [1.29, 1.82) is 0 Å². The molecule has 3 aromatic carbocycles. The molecule has 0 saturated carbocycles. The molecule has 5 aromatic rings. The van der Waals surface area contributed by atoms with Crippen LogP contribution in [0.4, 0.5) is 0 Å². The van der Waals surface area contributed by atoms with E-state index >= 15 is 0 Å². The van der Waals surface area contributed by atoms with Crippen LogP contribution >= 0.6 is 22.6 Å². The normalized spacial score (nSPS) is 11.0. The molecule has 0 atom stereocenters. The predicted molar refractivity (Wildman–Crippen MR) is 173 cm³/mol. The predicted octanol–water partition coefficient (Wildman–Crippen LogP) is 2.60. The molecule has 0 aliphatic carbocycles. The number of nitrogens with zero attached hydrogens (tertiary/aromatic N) is 2. The van der Waals surface area contributed by atoms with Crippen LogP contribution in [0.25, 0.3) is 11.0 Å². The molecular weight excluding hydrogens is 678 g/mol. The molecule has 0 saturated heterocycles. The summed E-state index contributed by atoms with van der Waals surface area (Å²) < 4.78 is 11.9. The molecule has 5 rings (SSSR count). The van der Waals surface area contributed by atoms with Gasteiger partial charge in [-0.15, -0.1) is 0 Å². The molecule has 44 heavy (non-hydrogen) atoms. The minimum Gasteiger partial charge on any atom is -0.451 e. The molecule has 2 heterocycles. The summed E-state index contributed by atoms with van der Waals surface area (Å²) >= 11 is 2.07. The minimum atomic E-state index is -1.81. The highest BCUT2D eigenvalue weighted by Crippen LogP contribution is 2.16. The van der Waals surface area contributed by atoms with Crippen LogP contribution in [-0.2, 0) is 0 Å². The lowest BCUT2D eigenvalue weighted by Crippen LogP contribution is -2.30. The van der Waals surface area contributed by atoms with Crippen molar-refractivity contribution in [2.45, 2.75) is 0 Å². The average Bonchev–Trinajstić information content (AvgIpc) is 3.50. The Kier molecular flexibility index (Phi) is 9.45. The third kappa shape index (κ3) is 7.75. The number of carbonyl (C=O) groups excluding carboxylic acids is 2. The van der Waals surface area contributed by atoms with Gasteiger partial charge in [-0.3, -0.25) is 14.4 Å². The van der Waals surface area contributed by atoms with Crippen LogP contribution in [0.15, 0.2) is 109 Å². The summed E-state index contributed by atoms with van der Waals surface area (Å²) in [5, 5.41) is 27.6. The van der Waals surface area contributed by atoms with Crippen LogP contribution in [0, 0.1) is 15.4 Å². The van der Waals surface area contributed by atoms with Crippen LogP contribution in [-0.4, -0.2) is 41.4 Å². The molecule has 13 heteroatoms. The molecule has 11 nitrogen and oxygen atoms in total. The fourth-order valence-electron chi connectivity index (χ4n) is 3.86. The maximum Gasteiger partial charge on any atom is 0.488 e. The standard InChI is InChI=1S/C31H20BIN4O7/c33-23-7-10-27-25(15-23)26(38)16-29(44-27)31(40)37-35-18-21-12-20(13-22(14-21)32(41)42)17-34-36-30(39)28-11-9-24(43-28)8-6-19-4-2-1-3-5-19/h1-5,7,9-18,41-42H,(H,36,39)(H,37,40)/b34-17+,35-18+. The van der Waals surface area contributed by atoms with Gasteiger partial charge in [-0.2, -0.15) is 10.2 Å². The van der Waals surface area contributed by atoms with Crippen molar-refractivity contribution in [3.63, 3.8) is 0 Å². The Labute approximate surface area is 263 Å². The zero-order chi connectivity index (χ0) is 31.1. The van der Waals surface area contributed by atoms with E-state index in [-0.39, 0.29) is 28.0 Å². The molecule has 0 aliphatic rings. The van der Waals surface area contributed by atoms with Crippen LogP contribution in [0.3, 0.4) is 0 Å². The van der Waals surface area contributed by atoms with Crippen molar-refractivity contribution >= 4 is 70.4 Å². The second kappa shape index (κ2) is 13.8. The van der Waals surface area contributed by atoms with Crippen molar-refractivity contribution < 1.29 is 28.5 Å². The van der Waals surface area contributed by atoms with E-state index in [1.54, 1.807) is 30.3 Å². The van der Waals surface area contributed by atoms with Gasteiger partial charge in [0.1, 0.15) is 5.58 Å². The summed E-state index contributed by atoms with van der Waals surface area (Å²) in [5.74, 6) is 4.49. The number of amides is 2. The molecule has 216 valence electrons. The molecular formula is C31H20BIN4O7. The molecule has 0 radical (unpaired) electrons. The minimum absolute atomic E-state index is 0.000361. The zero-order valence-corrected chi connectivity index (χ0v) is 24.7. The maximum atomic E-state index is 12.5. The van der Waals surface area contributed by atoms with Crippen LogP contribution in [0.5, 0.6) is 0 Å². The second-order valence-electron chi connectivity index (χ2n) is 9.10. The van der Waals surface area contributed by atoms with E-state index in [1.807, 2.05) is 30.3 Å². The van der Waals surface area contributed by atoms with Crippen molar-refractivity contribution in [2.75, 3.05) is 0 Å². The van der Waals surface area contributed by atoms with E-state index in [9.17, 15) is 24.4 Å². The van der Waals surface area contributed by atoms with Gasteiger partial charge in [-0.25, -0.2) is 10.9 Å². The van der Waals surface area contributed by atoms with Gasteiger partial charge in [-0.1, -0.05) is 36.3 Å². The summed E-state index contributed by atoms with van der Waals surface area (Å²) in [5.41, 5.74) is 6.16. The number of rotatable bonds is 7. The third-order valence-electron chi connectivity index (χ3n) is 5.90. The lowest BCUT2D eigenvalue weighted by molar-refractivity contribution is 0.0920. The number of nitrogens with one attached hydrogen (secondary N) is 2. The number of hydrogen-bond acceptors (Lipinski definition) is 9. The fraction of sp³-hybridized carbons (Fsp3) is 0. The van der Waals surface area contributed by atoms with Gasteiger partial charge in [0, 0.05) is 15.2 Å². The summed E-state index contributed by atoms with van der Waals surface area (Å²) in [7, 11) is -1.81. The molecule has 0 bridgehead atoms. The van der Waals surface area contributed by atoms with E-state index in [1.165, 1.54) is 30.6 Å². The lowest BCUT2D eigenvalue weighted by Gasteiger charge is -2.05. The van der Waals surface area contributed by atoms with Gasteiger partial charge in [0.15, 0.2) is 22.7 Å². The van der Waals surface area contributed by atoms with Crippen molar-refractivity contribution in [2.24, 2.45) is 10.2 Å². The Morgan fingerprint density at radius 2 is 1.48 bits per heavy atom. The highest BCUT2D eigenvalue weighted by atomic mass is 127. The Bertz CT molecular complexity index is 2040. The molecule has 4 N–H and O–H groups in total. The van der Waals surface area contributed by atoms with Crippen molar-refractivity contribution in [1.82, 2.24) is 10.9 Å². The zero-order valence-electron chi connectivity index (χ0n) is 22.5. The first-order chi connectivity index (χ1) is 21.2. The van der Waals surface area contributed by atoms with Gasteiger partial charge < -0.3 is 18.9 Å². The summed E-state index contributed by atoms with van der Waals surface area (Å²) in [6.07, 6.45) is 2.53. The quantitative estimate of drug-likeness (QED) is 0.0667. The number of carbonyl (C=O) groups is 2. The first kappa shape index (κ1) is 30.2. The molecule has 2 aromatic heterocycles. The molecule has 0 spiro atoms. The topological polar surface area (TPSA) is 167 Å². The number of halogens is 1. The van der Waals surface area contributed by atoms with Crippen molar-refractivity contribution in [3.05, 3.63) is 133 Å². The average molecular weight is 698 g/mol. The molecule has 0 fully saturated rings.